The van der Waals surface area contributed by atoms with Crippen LogP contribution in [0.4, 0.5) is 4.79 Å². The second-order valence-corrected chi connectivity index (χ2v) is 6.36. The van der Waals surface area contributed by atoms with E-state index in [2.05, 4.69) is 12.2 Å². The lowest BCUT2D eigenvalue weighted by atomic mass is 9.86. The average molecular weight is 268 g/mol. The largest absolute Gasteiger partial charge is 0.481 e. The number of carbonyl (C=O) groups is 2. The first kappa shape index (κ1) is 14.2. The molecule has 3 unspecified atom stereocenters. The second kappa shape index (κ2) is 5.39. The van der Waals surface area contributed by atoms with Crippen LogP contribution in [0.25, 0.3) is 0 Å². The summed E-state index contributed by atoms with van der Waals surface area (Å²) in [6, 6.07) is 0.154. The van der Waals surface area contributed by atoms with Gasteiger partial charge in [0.05, 0.1) is 5.41 Å². The number of aliphatic carboxylic acids is 1. The summed E-state index contributed by atoms with van der Waals surface area (Å²) in [4.78, 5) is 25.0. The topological polar surface area (TPSA) is 69.6 Å². The molecule has 0 aromatic carbocycles. The Morgan fingerprint density at radius 2 is 2.00 bits per heavy atom. The third-order valence-corrected chi connectivity index (χ3v) is 4.70. The Bertz CT molecular complexity index is 372. The van der Waals surface area contributed by atoms with E-state index < -0.39 is 11.4 Å². The van der Waals surface area contributed by atoms with Gasteiger partial charge in [-0.2, -0.15) is 0 Å². The smallest absolute Gasteiger partial charge is 0.317 e. The SMILES string of the molecule is CC1CCCCC1NC(=O)N1CCC(C)(C(=O)O)C1. The molecule has 0 radical (unpaired) electrons. The Balaban J connectivity index is 1.89. The minimum absolute atomic E-state index is 0.0938. The molecule has 0 bridgehead atoms. The van der Waals surface area contributed by atoms with Crippen molar-refractivity contribution in [3.05, 3.63) is 0 Å². The van der Waals surface area contributed by atoms with Gasteiger partial charge in [-0.15, -0.1) is 0 Å². The number of carboxylic acid groups (broad SMARTS) is 1. The fraction of sp³-hybridized carbons (Fsp3) is 0.857. The van der Waals surface area contributed by atoms with Gasteiger partial charge in [-0.05, 0) is 32.1 Å². The van der Waals surface area contributed by atoms with Crippen molar-refractivity contribution >= 4 is 12.0 Å². The lowest BCUT2D eigenvalue weighted by Gasteiger charge is -2.31. The van der Waals surface area contributed by atoms with Crippen molar-refractivity contribution in [1.29, 1.82) is 0 Å². The Hall–Kier alpha value is -1.26. The minimum Gasteiger partial charge on any atom is -0.481 e. The average Bonchev–Trinajstić information content (AvgIpc) is 2.76. The van der Waals surface area contributed by atoms with Crippen molar-refractivity contribution in [2.24, 2.45) is 11.3 Å². The second-order valence-electron chi connectivity index (χ2n) is 6.36. The molecule has 19 heavy (non-hydrogen) atoms. The Labute approximate surface area is 114 Å². The van der Waals surface area contributed by atoms with Crippen LogP contribution in [-0.4, -0.2) is 41.1 Å². The molecular weight excluding hydrogens is 244 g/mol. The van der Waals surface area contributed by atoms with Crippen LogP contribution >= 0.6 is 0 Å². The molecule has 0 spiro atoms. The van der Waals surface area contributed by atoms with E-state index in [0.717, 1.165) is 12.8 Å². The molecule has 2 N–H and O–H groups in total. The first-order valence-corrected chi connectivity index (χ1v) is 7.21. The maximum atomic E-state index is 12.2. The predicted octanol–water partition coefficient (Wildman–Crippen LogP) is 2.07. The molecule has 5 nitrogen and oxygen atoms in total. The van der Waals surface area contributed by atoms with Crippen LogP contribution in [0.15, 0.2) is 0 Å². The van der Waals surface area contributed by atoms with Crippen LogP contribution in [0, 0.1) is 11.3 Å². The fourth-order valence-corrected chi connectivity index (χ4v) is 3.09. The number of hydrogen-bond donors (Lipinski definition) is 2. The Morgan fingerprint density at radius 3 is 2.58 bits per heavy atom. The summed E-state index contributed by atoms with van der Waals surface area (Å²) in [5, 5.41) is 12.3. The van der Waals surface area contributed by atoms with E-state index in [1.807, 2.05) is 0 Å². The molecule has 1 saturated heterocycles. The zero-order valence-corrected chi connectivity index (χ0v) is 11.8. The summed E-state index contributed by atoms with van der Waals surface area (Å²) in [5.41, 5.74) is -0.782. The molecular formula is C14H24N2O3. The number of carbonyl (C=O) groups excluding carboxylic acids is 1. The fourth-order valence-electron chi connectivity index (χ4n) is 3.09. The number of carboxylic acids is 1. The van der Waals surface area contributed by atoms with E-state index in [1.54, 1.807) is 11.8 Å². The molecule has 2 fully saturated rings. The molecule has 3 atom stereocenters. The molecule has 1 saturated carbocycles. The third-order valence-electron chi connectivity index (χ3n) is 4.70. The standard InChI is InChI=1S/C14H24N2O3/c1-10-5-3-4-6-11(10)15-13(19)16-8-7-14(2,9-16)12(17)18/h10-11H,3-9H2,1-2H3,(H,15,19)(H,17,18). The van der Waals surface area contributed by atoms with E-state index in [9.17, 15) is 14.7 Å². The first-order chi connectivity index (χ1) is 8.92. The highest BCUT2D eigenvalue weighted by atomic mass is 16.4. The van der Waals surface area contributed by atoms with E-state index >= 15 is 0 Å². The zero-order chi connectivity index (χ0) is 14.0. The molecule has 0 aromatic heterocycles. The summed E-state index contributed by atoms with van der Waals surface area (Å²) in [5.74, 6) is -0.292. The Morgan fingerprint density at radius 1 is 1.32 bits per heavy atom. The van der Waals surface area contributed by atoms with Gasteiger partial charge in [0.25, 0.3) is 0 Å². The number of nitrogens with one attached hydrogen (secondary N) is 1. The Kier molecular flexibility index (Phi) is 4.02. The van der Waals surface area contributed by atoms with E-state index in [-0.39, 0.29) is 12.1 Å². The van der Waals surface area contributed by atoms with Crippen molar-refractivity contribution in [2.45, 2.75) is 52.0 Å². The van der Waals surface area contributed by atoms with Crippen LogP contribution in [-0.2, 0) is 4.79 Å². The summed E-state index contributed by atoms with van der Waals surface area (Å²) >= 11 is 0. The first-order valence-electron chi connectivity index (χ1n) is 7.21. The van der Waals surface area contributed by atoms with Crippen LogP contribution in [0.5, 0.6) is 0 Å². The van der Waals surface area contributed by atoms with Gasteiger partial charge >= 0.3 is 12.0 Å². The molecule has 2 amide bonds. The summed E-state index contributed by atoms with van der Waals surface area (Å²) < 4.78 is 0. The summed E-state index contributed by atoms with van der Waals surface area (Å²) in [7, 11) is 0. The predicted molar refractivity (Wildman–Crippen MR) is 71.9 cm³/mol. The van der Waals surface area contributed by atoms with Gasteiger partial charge in [-0.1, -0.05) is 19.8 Å². The highest BCUT2D eigenvalue weighted by Crippen LogP contribution is 2.30. The maximum absolute atomic E-state index is 12.2. The van der Waals surface area contributed by atoms with Crippen molar-refractivity contribution in [1.82, 2.24) is 10.2 Å². The van der Waals surface area contributed by atoms with E-state index in [0.29, 0.717) is 25.4 Å². The number of urea groups is 1. The van der Waals surface area contributed by atoms with E-state index in [4.69, 9.17) is 0 Å². The zero-order valence-electron chi connectivity index (χ0n) is 11.8. The lowest BCUT2D eigenvalue weighted by molar-refractivity contribution is -0.147. The number of rotatable bonds is 2. The molecule has 1 aliphatic heterocycles. The molecule has 1 aliphatic carbocycles. The van der Waals surface area contributed by atoms with Crippen LogP contribution in [0.3, 0.4) is 0 Å². The molecule has 2 aliphatic rings. The highest BCUT2D eigenvalue weighted by molar-refractivity contribution is 5.79. The number of amides is 2. The van der Waals surface area contributed by atoms with Crippen LogP contribution in [0.2, 0.25) is 0 Å². The number of likely N-dealkylation sites (tertiary alicyclic amines) is 1. The van der Waals surface area contributed by atoms with Crippen LogP contribution in [0.1, 0.15) is 46.0 Å². The molecule has 0 aromatic rings. The van der Waals surface area contributed by atoms with Gasteiger partial charge in [0.1, 0.15) is 0 Å². The summed E-state index contributed by atoms with van der Waals surface area (Å²) in [6.07, 6.45) is 5.15. The van der Waals surface area contributed by atoms with Gasteiger partial charge in [-0.25, -0.2) is 4.79 Å². The van der Waals surface area contributed by atoms with E-state index in [1.165, 1.54) is 12.8 Å². The van der Waals surface area contributed by atoms with Gasteiger partial charge in [0, 0.05) is 19.1 Å². The molecule has 1 heterocycles. The third kappa shape index (κ3) is 3.01. The van der Waals surface area contributed by atoms with Crippen molar-refractivity contribution in [3.63, 3.8) is 0 Å². The number of hydrogen-bond acceptors (Lipinski definition) is 2. The molecule has 2 rings (SSSR count). The molecule has 108 valence electrons. The lowest BCUT2D eigenvalue weighted by Crippen LogP contribution is -2.48. The van der Waals surface area contributed by atoms with Gasteiger partial charge in [-0.3, -0.25) is 4.79 Å². The summed E-state index contributed by atoms with van der Waals surface area (Å²) in [6.45, 7) is 4.74. The quantitative estimate of drug-likeness (QED) is 0.805. The van der Waals surface area contributed by atoms with Crippen molar-refractivity contribution in [3.8, 4) is 0 Å². The monoisotopic (exact) mass is 268 g/mol. The van der Waals surface area contributed by atoms with Crippen molar-refractivity contribution in [2.75, 3.05) is 13.1 Å². The van der Waals surface area contributed by atoms with Crippen LogP contribution < -0.4 is 5.32 Å². The highest BCUT2D eigenvalue weighted by Gasteiger charge is 2.42. The van der Waals surface area contributed by atoms with Gasteiger partial charge in [0.2, 0.25) is 0 Å². The van der Waals surface area contributed by atoms with Crippen molar-refractivity contribution < 1.29 is 14.7 Å². The van der Waals surface area contributed by atoms with Gasteiger partial charge in [0.15, 0.2) is 0 Å². The molecule has 5 heteroatoms. The maximum Gasteiger partial charge on any atom is 0.317 e. The normalized spacial score (nSPS) is 35.2. The number of nitrogens with zero attached hydrogens (tertiary/aromatic N) is 1. The minimum atomic E-state index is -0.811. The van der Waals surface area contributed by atoms with Gasteiger partial charge < -0.3 is 15.3 Å².